The zero-order valence-corrected chi connectivity index (χ0v) is 20.8. The van der Waals surface area contributed by atoms with Crippen LogP contribution in [0.25, 0.3) is 0 Å². The van der Waals surface area contributed by atoms with Crippen LogP contribution >= 0.6 is 11.6 Å². The quantitative estimate of drug-likeness (QED) is 0.297. The number of halogens is 1. The van der Waals surface area contributed by atoms with Crippen LogP contribution < -0.4 is 108 Å². The van der Waals surface area contributed by atoms with Crippen LogP contribution in [0.15, 0.2) is 53.5 Å². The van der Waals surface area contributed by atoms with E-state index < -0.39 is 17.9 Å². The Morgan fingerprint density at radius 1 is 1.16 bits per heavy atom. The van der Waals surface area contributed by atoms with Gasteiger partial charge in [0, 0.05) is 21.8 Å². The van der Waals surface area contributed by atoms with Crippen LogP contribution in [0.4, 0.5) is 5.69 Å². The van der Waals surface area contributed by atoms with Gasteiger partial charge in [-0.15, -0.1) is 0 Å². The summed E-state index contributed by atoms with van der Waals surface area (Å²) in [7, 11) is 0. The summed E-state index contributed by atoms with van der Waals surface area (Å²) in [6.45, 7) is 0. The third-order valence-corrected chi connectivity index (χ3v) is 3.71. The van der Waals surface area contributed by atoms with Crippen molar-refractivity contribution in [3.8, 4) is 0 Å². The van der Waals surface area contributed by atoms with E-state index in [2.05, 4.69) is 10.3 Å². The molecule has 1 aliphatic heterocycles. The number of aliphatic carboxylic acids is 1. The Morgan fingerprint density at radius 2 is 1.80 bits per heavy atom. The van der Waals surface area contributed by atoms with Crippen molar-refractivity contribution < 1.29 is 126 Å². The van der Waals surface area contributed by atoms with E-state index in [1.165, 1.54) is 0 Å². The Bertz CT molecular complexity index is 810. The summed E-state index contributed by atoms with van der Waals surface area (Å²) in [5.41, 5.74) is 1.76. The zero-order valence-electron chi connectivity index (χ0n) is 15.8. The fraction of sp³-hybridized carbons (Fsp3) is 0.125. The fourth-order valence-corrected chi connectivity index (χ4v) is 2.60. The number of carboxylic acid groups (broad SMARTS) is 1. The Kier molecular flexibility index (Phi) is 9.44. The first-order valence-electron chi connectivity index (χ1n) is 6.77. The molecule has 2 aromatic carbocycles. The number of benzene rings is 2. The molecular weight excluding hydrogens is 398 g/mol. The monoisotopic (exact) mass is 412 g/mol. The second kappa shape index (κ2) is 9.88. The Hall–Kier alpha value is 0.863. The summed E-state index contributed by atoms with van der Waals surface area (Å²) in [6.07, 6.45) is 0. The van der Waals surface area contributed by atoms with Crippen LogP contribution in [0.1, 0.15) is 14.0 Å². The van der Waals surface area contributed by atoms with Crippen molar-refractivity contribution in [2.24, 2.45) is 4.99 Å². The number of carbonyl (C=O) groups is 1. The molecule has 6 nitrogen and oxygen atoms in total. The third-order valence-electron chi connectivity index (χ3n) is 3.48. The molecule has 1 heterocycles. The molecule has 0 aromatic heterocycles. The average Bonchev–Trinajstić information content (AvgIpc) is 2.61. The number of hydrogen-bond donors (Lipinski definition) is 4. The van der Waals surface area contributed by atoms with Crippen LogP contribution in [-0.4, -0.2) is 39.0 Å². The largest absolute Gasteiger partial charge is 1.00 e. The Morgan fingerprint density at radius 3 is 2.40 bits per heavy atom. The smallest absolute Gasteiger partial charge is 1.00 e. The van der Waals surface area contributed by atoms with E-state index in [1.54, 1.807) is 42.5 Å². The molecule has 122 valence electrons. The predicted octanol–water partition coefficient (Wildman–Crippen LogP) is -4.07. The summed E-state index contributed by atoms with van der Waals surface area (Å²) in [5.74, 6) is -4.19. The summed E-state index contributed by atoms with van der Waals surface area (Å²) >= 11 is 6.03. The Labute approximate surface area is 237 Å². The predicted molar refractivity (Wildman–Crippen MR) is 88.0 cm³/mol. The second-order valence-electron chi connectivity index (χ2n) is 5.13. The van der Waals surface area contributed by atoms with Gasteiger partial charge in [0.05, 0.1) is 5.71 Å². The first-order chi connectivity index (χ1) is 10.9. The zero-order chi connectivity index (χ0) is 16.6. The number of nitrogens with one attached hydrogen (secondary N) is 1. The van der Waals surface area contributed by atoms with Crippen molar-refractivity contribution in [1.29, 1.82) is 0 Å². The molecule has 1 aliphatic rings. The van der Waals surface area contributed by atoms with E-state index in [-0.39, 0.29) is 106 Å². The van der Waals surface area contributed by atoms with E-state index in [4.69, 9.17) is 11.6 Å². The van der Waals surface area contributed by atoms with Gasteiger partial charge in [0.25, 0.3) is 5.91 Å². The molecule has 4 N–H and O–H groups in total. The molecule has 1 unspecified atom stereocenters. The number of aliphatic imine (C=N–C) groups is 1. The van der Waals surface area contributed by atoms with Gasteiger partial charge in [-0.3, -0.25) is 4.99 Å². The molecule has 2 aromatic rings. The van der Waals surface area contributed by atoms with E-state index in [9.17, 15) is 20.1 Å². The van der Waals surface area contributed by atoms with Crippen LogP contribution in [-0.2, 0) is 4.79 Å². The van der Waals surface area contributed by atoms with Crippen LogP contribution in [0.2, 0.25) is 5.02 Å². The third kappa shape index (κ3) is 5.44. The van der Waals surface area contributed by atoms with E-state index in [0.717, 1.165) is 0 Å². The average molecular weight is 413 g/mol. The van der Waals surface area contributed by atoms with Gasteiger partial charge in [-0.1, -0.05) is 41.9 Å². The number of anilines is 1. The molecule has 3 rings (SSSR count). The summed E-state index contributed by atoms with van der Waals surface area (Å²) < 4.78 is 0. The number of carboxylic acids is 1. The maximum atomic E-state index is 11.4. The number of hydrogen-bond acceptors (Lipinski definition) is 5. The van der Waals surface area contributed by atoms with Crippen LogP contribution in [0, 0.1) is 0 Å². The minimum absolute atomic E-state index is 0. The van der Waals surface area contributed by atoms with Gasteiger partial charge in [0.1, 0.15) is 0 Å². The molecule has 9 heteroatoms. The van der Waals surface area contributed by atoms with Crippen molar-refractivity contribution in [1.82, 2.24) is 0 Å². The van der Waals surface area contributed by atoms with E-state index >= 15 is 0 Å². The summed E-state index contributed by atoms with van der Waals surface area (Å²) in [5, 5.41) is 32.3. The number of nitrogens with zero attached hydrogens (tertiary/aromatic N) is 1. The van der Waals surface area contributed by atoms with Gasteiger partial charge in [0.15, 0.2) is 0 Å². The minimum Gasteiger partial charge on any atom is -1.00 e. The normalized spacial score (nSPS) is 17.6. The standard InChI is InChI=1S/C16H13ClN2O4.2K.2H/c17-10-6-7-12-11(8-10)13(9-4-2-1-3-5-9)18-14(15(20)21)16(22,23)19-12;;;;/h1-8,14,19,22-23H,(H,20,21);;;;/q;2*+1;2*-1. The second-order valence-corrected chi connectivity index (χ2v) is 5.56. The van der Waals surface area contributed by atoms with Gasteiger partial charge < -0.3 is 23.5 Å². The van der Waals surface area contributed by atoms with Crippen molar-refractivity contribution in [2.45, 2.75) is 12.0 Å². The summed E-state index contributed by atoms with van der Waals surface area (Å²) in [6, 6.07) is 11.8. The molecule has 0 amide bonds. The number of aliphatic hydroxyl groups is 2. The van der Waals surface area contributed by atoms with Gasteiger partial charge in [-0.25, -0.2) is 4.79 Å². The van der Waals surface area contributed by atoms with Gasteiger partial charge in [-0.05, 0) is 18.2 Å². The minimum atomic E-state index is -2.73. The molecule has 0 radical (unpaired) electrons. The molecular formula is C16H15ClK2N2O4. The first-order valence-corrected chi connectivity index (χ1v) is 7.15. The number of fused-ring (bicyclic) bond motifs is 1. The molecule has 0 fully saturated rings. The topological polar surface area (TPSA) is 102 Å². The maximum absolute atomic E-state index is 11.4. The molecule has 0 spiro atoms. The van der Waals surface area contributed by atoms with E-state index in [0.29, 0.717) is 27.5 Å². The van der Waals surface area contributed by atoms with Crippen LogP contribution in [0.3, 0.4) is 0 Å². The molecule has 0 saturated heterocycles. The van der Waals surface area contributed by atoms with Gasteiger partial charge >= 0.3 is 109 Å². The van der Waals surface area contributed by atoms with Crippen molar-refractivity contribution >= 4 is 29.0 Å². The van der Waals surface area contributed by atoms with Gasteiger partial charge in [0.2, 0.25) is 6.04 Å². The van der Waals surface area contributed by atoms with Crippen LogP contribution in [0.5, 0.6) is 0 Å². The molecule has 0 saturated carbocycles. The molecule has 1 atom stereocenters. The van der Waals surface area contributed by atoms with Crippen molar-refractivity contribution in [3.05, 3.63) is 64.7 Å². The summed E-state index contributed by atoms with van der Waals surface area (Å²) in [4.78, 5) is 15.5. The SMILES string of the molecule is O=C(O)C1N=C(c2ccccc2)c2cc(Cl)ccc2NC1(O)O.[H-].[H-].[K+].[K+]. The van der Waals surface area contributed by atoms with Gasteiger partial charge in [-0.2, -0.15) is 0 Å². The molecule has 25 heavy (non-hydrogen) atoms. The number of benzodiazepines with no additional fused rings is 1. The van der Waals surface area contributed by atoms with Crippen molar-refractivity contribution in [2.75, 3.05) is 5.32 Å². The molecule has 0 bridgehead atoms. The number of rotatable bonds is 2. The van der Waals surface area contributed by atoms with Crippen molar-refractivity contribution in [3.63, 3.8) is 0 Å². The fourth-order valence-electron chi connectivity index (χ4n) is 2.43. The van der Waals surface area contributed by atoms with E-state index in [1.807, 2.05) is 6.07 Å². The molecule has 0 aliphatic carbocycles. The maximum Gasteiger partial charge on any atom is 1.00 e. The first kappa shape index (κ1) is 23.9. The Balaban J connectivity index is 0.